The molecule has 178 valence electrons. The zero-order chi connectivity index (χ0) is 23.5. The molecule has 2 aromatic rings. The van der Waals surface area contributed by atoms with Crippen LogP contribution in [-0.2, 0) is 33.8 Å². The number of aryl methyl sites for hydroxylation is 1. The van der Waals surface area contributed by atoms with Gasteiger partial charge in [-0.15, -0.1) is 0 Å². The van der Waals surface area contributed by atoms with Crippen molar-refractivity contribution in [1.29, 1.82) is 0 Å². The van der Waals surface area contributed by atoms with Crippen LogP contribution in [0.15, 0.2) is 18.2 Å². The van der Waals surface area contributed by atoms with Crippen molar-refractivity contribution >= 4 is 23.5 Å². The lowest BCUT2D eigenvalue weighted by molar-refractivity contribution is -0.149. The molecule has 2 heterocycles. The predicted octanol–water partition coefficient (Wildman–Crippen LogP) is 4.68. The number of amides is 1. The number of halogens is 2. The Kier molecular flexibility index (Phi) is 7.37. The van der Waals surface area contributed by atoms with E-state index >= 15 is 0 Å². The van der Waals surface area contributed by atoms with E-state index in [1.54, 1.807) is 12.1 Å². The van der Waals surface area contributed by atoms with Crippen molar-refractivity contribution in [2.75, 3.05) is 13.2 Å². The van der Waals surface area contributed by atoms with Crippen LogP contribution in [0.2, 0.25) is 5.02 Å². The summed E-state index contributed by atoms with van der Waals surface area (Å²) >= 11 is 5.88. The van der Waals surface area contributed by atoms with Gasteiger partial charge >= 0.3 is 5.97 Å². The highest BCUT2D eigenvalue weighted by molar-refractivity contribution is 6.30. The molecule has 0 unspecified atom stereocenters. The van der Waals surface area contributed by atoms with Gasteiger partial charge in [-0.05, 0) is 69.6 Å². The van der Waals surface area contributed by atoms with Crippen molar-refractivity contribution in [1.82, 2.24) is 14.7 Å². The van der Waals surface area contributed by atoms with Crippen molar-refractivity contribution in [3.8, 4) is 0 Å². The molecule has 0 spiro atoms. The average Bonchev–Trinajstić information content (AvgIpc) is 3.11. The van der Waals surface area contributed by atoms with Crippen LogP contribution in [0.5, 0.6) is 0 Å². The van der Waals surface area contributed by atoms with Crippen LogP contribution in [-0.4, -0.2) is 39.7 Å². The van der Waals surface area contributed by atoms with Gasteiger partial charge in [0, 0.05) is 23.6 Å². The van der Waals surface area contributed by atoms with Crippen molar-refractivity contribution in [2.45, 2.75) is 65.5 Å². The van der Waals surface area contributed by atoms with E-state index in [0.29, 0.717) is 49.2 Å². The third-order valence-electron chi connectivity index (χ3n) is 6.96. The monoisotopic (exact) mass is 475 g/mol. The molecule has 0 atom stereocenters. The Morgan fingerprint density at radius 2 is 2.00 bits per heavy atom. The van der Waals surface area contributed by atoms with Crippen LogP contribution in [0, 0.1) is 24.6 Å². The van der Waals surface area contributed by atoms with Gasteiger partial charge in [-0.3, -0.25) is 14.3 Å². The largest absolute Gasteiger partial charge is 0.466 e. The molecule has 0 saturated heterocycles. The van der Waals surface area contributed by atoms with Gasteiger partial charge in [0.2, 0.25) is 5.91 Å². The van der Waals surface area contributed by atoms with Gasteiger partial charge in [-0.2, -0.15) is 5.10 Å². The maximum atomic E-state index is 14.3. The molecule has 1 aliphatic heterocycles. The Balaban J connectivity index is 1.38. The number of aromatic nitrogens is 2. The molecular formula is C25H31ClFN3O3. The Bertz CT molecular complexity index is 1030. The van der Waals surface area contributed by atoms with E-state index in [1.807, 2.05) is 23.4 Å². The summed E-state index contributed by atoms with van der Waals surface area (Å²) < 4.78 is 21.3. The number of fused-ring (bicyclic) bond motifs is 1. The zero-order valence-electron chi connectivity index (χ0n) is 19.3. The van der Waals surface area contributed by atoms with Crippen LogP contribution in [0.1, 0.15) is 61.5 Å². The van der Waals surface area contributed by atoms with Crippen LogP contribution in [0.25, 0.3) is 0 Å². The lowest BCUT2D eigenvalue weighted by atomic mass is 9.80. The molecule has 1 aromatic heterocycles. The molecule has 2 aliphatic rings. The molecule has 1 amide bonds. The van der Waals surface area contributed by atoms with Crippen molar-refractivity contribution in [3.63, 3.8) is 0 Å². The van der Waals surface area contributed by atoms with Gasteiger partial charge in [0.05, 0.1) is 37.0 Å². The number of nitrogens with zero attached hydrogens (tertiary/aromatic N) is 3. The van der Waals surface area contributed by atoms with Crippen LogP contribution < -0.4 is 0 Å². The Morgan fingerprint density at radius 3 is 2.70 bits per heavy atom. The third-order valence-corrected chi connectivity index (χ3v) is 7.19. The smallest absolute Gasteiger partial charge is 0.308 e. The number of ether oxygens (including phenoxy) is 1. The quantitative estimate of drug-likeness (QED) is 0.569. The van der Waals surface area contributed by atoms with Crippen molar-refractivity contribution < 1.29 is 18.7 Å². The summed E-state index contributed by atoms with van der Waals surface area (Å²) in [5.74, 6) is -0.0414. The van der Waals surface area contributed by atoms with E-state index in [0.717, 1.165) is 49.1 Å². The van der Waals surface area contributed by atoms with Crippen LogP contribution >= 0.6 is 11.6 Å². The second-order valence-electron chi connectivity index (χ2n) is 9.14. The molecule has 1 aromatic carbocycles. The molecular weight excluding hydrogens is 445 g/mol. The number of esters is 1. The summed E-state index contributed by atoms with van der Waals surface area (Å²) in [6.45, 7) is 5.67. The van der Waals surface area contributed by atoms with Crippen LogP contribution in [0.3, 0.4) is 0 Å². The minimum Gasteiger partial charge on any atom is -0.466 e. The highest BCUT2D eigenvalue weighted by Crippen LogP contribution is 2.33. The first-order chi connectivity index (χ1) is 15.9. The van der Waals surface area contributed by atoms with Crippen LogP contribution in [0.4, 0.5) is 4.39 Å². The number of hydrogen-bond acceptors (Lipinski definition) is 4. The molecule has 0 radical (unpaired) electrons. The normalized spacial score (nSPS) is 20.4. The van der Waals surface area contributed by atoms with Gasteiger partial charge < -0.3 is 9.64 Å². The van der Waals surface area contributed by atoms with E-state index in [2.05, 4.69) is 5.10 Å². The van der Waals surface area contributed by atoms with E-state index in [1.165, 1.54) is 6.07 Å². The van der Waals surface area contributed by atoms with E-state index < -0.39 is 0 Å². The number of carbonyl (C=O) groups excluding carboxylic acids is 2. The molecule has 0 bridgehead atoms. The Morgan fingerprint density at radius 1 is 1.24 bits per heavy atom. The third kappa shape index (κ3) is 5.40. The molecule has 8 heteroatoms. The first-order valence-corrected chi connectivity index (χ1v) is 12.2. The van der Waals surface area contributed by atoms with Crippen molar-refractivity contribution in [3.05, 3.63) is 51.6 Å². The van der Waals surface area contributed by atoms with E-state index in [4.69, 9.17) is 16.3 Å². The topological polar surface area (TPSA) is 64.4 Å². The Hall–Kier alpha value is -2.41. The second kappa shape index (κ2) is 10.2. The molecule has 0 N–H and O–H groups in total. The fraction of sp³-hybridized carbons (Fsp3) is 0.560. The number of carbonyl (C=O) groups is 2. The predicted molar refractivity (Wildman–Crippen MR) is 123 cm³/mol. The van der Waals surface area contributed by atoms with E-state index in [-0.39, 0.29) is 23.6 Å². The number of rotatable bonds is 6. The minimum absolute atomic E-state index is 0.0283. The number of hydrogen-bond donors (Lipinski definition) is 0. The first-order valence-electron chi connectivity index (χ1n) is 11.8. The Labute approximate surface area is 199 Å². The molecule has 1 aliphatic carbocycles. The molecule has 4 rings (SSSR count). The summed E-state index contributed by atoms with van der Waals surface area (Å²) in [5.41, 5.74) is 3.59. The van der Waals surface area contributed by atoms with Crippen molar-refractivity contribution in [2.24, 2.45) is 11.8 Å². The molecule has 1 saturated carbocycles. The lowest BCUT2D eigenvalue weighted by Gasteiger charge is -2.31. The summed E-state index contributed by atoms with van der Waals surface area (Å²) in [7, 11) is 0. The standard InChI is InChI=1S/C25H31ClFN3O3/c1-3-33-25(32)18-6-4-17(5-7-18)12-24(31)29-11-10-21-16(2)28-30(23(21)15-29)14-19-8-9-20(26)13-22(19)27/h8-9,13,17-18H,3-7,10-12,14-15H2,1-2H3/t17-,18-. The fourth-order valence-corrected chi connectivity index (χ4v) is 5.23. The summed E-state index contributed by atoms with van der Waals surface area (Å²) in [6.07, 6.45) is 4.59. The van der Waals surface area contributed by atoms with E-state index in [9.17, 15) is 14.0 Å². The first kappa shape index (κ1) is 23.7. The second-order valence-corrected chi connectivity index (χ2v) is 9.58. The maximum absolute atomic E-state index is 14.3. The lowest BCUT2D eigenvalue weighted by Crippen LogP contribution is -2.38. The van der Waals surface area contributed by atoms with Gasteiger partial charge in [0.1, 0.15) is 5.82 Å². The highest BCUT2D eigenvalue weighted by atomic mass is 35.5. The molecule has 1 fully saturated rings. The molecule has 33 heavy (non-hydrogen) atoms. The van der Waals surface area contributed by atoms with Gasteiger partial charge in [-0.25, -0.2) is 4.39 Å². The maximum Gasteiger partial charge on any atom is 0.308 e. The molecule has 6 nitrogen and oxygen atoms in total. The fourth-order valence-electron chi connectivity index (χ4n) is 5.07. The SMILES string of the molecule is CCOC(=O)[C@H]1CC[C@H](CC(=O)N2CCc3c(C)nn(Cc4ccc(Cl)cc4F)c3C2)CC1. The van der Waals surface area contributed by atoms with Gasteiger partial charge in [0.25, 0.3) is 0 Å². The zero-order valence-corrected chi connectivity index (χ0v) is 20.0. The van der Waals surface area contributed by atoms with Gasteiger partial charge in [-0.1, -0.05) is 17.7 Å². The van der Waals surface area contributed by atoms with Gasteiger partial charge in [0.15, 0.2) is 0 Å². The minimum atomic E-state index is -0.355. The summed E-state index contributed by atoms with van der Waals surface area (Å²) in [5, 5.41) is 5.00. The highest BCUT2D eigenvalue weighted by Gasteiger charge is 2.31. The summed E-state index contributed by atoms with van der Waals surface area (Å²) in [4.78, 5) is 26.9. The summed E-state index contributed by atoms with van der Waals surface area (Å²) in [6, 6.07) is 4.67. The average molecular weight is 476 g/mol. The number of benzene rings is 1.